The molecule has 0 spiro atoms. The Hall–Kier alpha value is -1.94. The van der Waals surface area contributed by atoms with Crippen LogP contribution in [0.25, 0.3) is 0 Å². The van der Waals surface area contributed by atoms with Gasteiger partial charge in [0.1, 0.15) is 0 Å². The van der Waals surface area contributed by atoms with Gasteiger partial charge < -0.3 is 4.74 Å². The van der Waals surface area contributed by atoms with Crippen LogP contribution in [0.2, 0.25) is 0 Å². The lowest BCUT2D eigenvalue weighted by atomic mass is 9.95. The van der Waals surface area contributed by atoms with E-state index in [1.165, 1.54) is 0 Å². The van der Waals surface area contributed by atoms with Gasteiger partial charge in [0.05, 0.1) is 0 Å². The second-order valence-electron chi connectivity index (χ2n) is 4.54. The summed E-state index contributed by atoms with van der Waals surface area (Å²) in [4.78, 5) is 21.3. The molecule has 0 N–H and O–H groups in total. The van der Waals surface area contributed by atoms with Crippen LogP contribution in [-0.2, 0) is 14.3 Å². The molecule has 0 amide bonds. The molecule has 0 fully saturated rings. The highest BCUT2D eigenvalue weighted by Gasteiger charge is 2.80. The molecule has 0 bridgehead atoms. The number of carbonyl (C=O) groups is 2. The van der Waals surface area contributed by atoms with Crippen molar-refractivity contribution < 1.29 is 49.4 Å². The van der Waals surface area contributed by atoms with Gasteiger partial charge in [0, 0.05) is 18.9 Å². The third kappa shape index (κ3) is 4.32. The van der Waals surface area contributed by atoms with Crippen LogP contribution in [-0.4, -0.2) is 42.0 Å². The first kappa shape index (κ1) is 22.1. The average molecular weight is 368 g/mol. The zero-order valence-corrected chi connectivity index (χ0v) is 11.9. The molecule has 0 aromatic heterocycles. The number of rotatable bonds is 10. The molecule has 0 heterocycles. The summed E-state index contributed by atoms with van der Waals surface area (Å²) in [7, 11) is 0. The fourth-order valence-corrected chi connectivity index (χ4v) is 1.31. The Morgan fingerprint density at radius 1 is 0.833 bits per heavy atom. The van der Waals surface area contributed by atoms with E-state index in [2.05, 4.69) is 17.9 Å². The maximum atomic E-state index is 13.4. The Kier molecular flexibility index (Phi) is 6.71. The predicted molar refractivity (Wildman–Crippen MR) is 65.4 cm³/mol. The summed E-state index contributed by atoms with van der Waals surface area (Å²) in [6.07, 6.45) is -2.65. The van der Waals surface area contributed by atoms with Gasteiger partial charge in [0.25, 0.3) is 0 Å². The lowest BCUT2D eigenvalue weighted by Gasteiger charge is -2.36. The molecule has 0 aromatic carbocycles. The lowest BCUT2D eigenvalue weighted by molar-refractivity contribution is -0.370. The summed E-state index contributed by atoms with van der Waals surface area (Å²) < 4.78 is 110. The van der Waals surface area contributed by atoms with Gasteiger partial charge in [-0.1, -0.05) is 13.2 Å². The van der Waals surface area contributed by atoms with Gasteiger partial charge in [-0.3, -0.25) is 4.79 Å². The zero-order chi connectivity index (χ0) is 19.4. The zero-order valence-electron chi connectivity index (χ0n) is 11.9. The van der Waals surface area contributed by atoms with Crippen molar-refractivity contribution in [2.24, 2.45) is 0 Å². The van der Waals surface area contributed by atoms with Crippen molar-refractivity contribution in [2.45, 2.75) is 36.5 Å². The molecule has 0 aliphatic carbocycles. The first-order valence-corrected chi connectivity index (χ1v) is 6.12. The summed E-state index contributed by atoms with van der Waals surface area (Å²) >= 11 is 0. The number of esters is 1. The van der Waals surface area contributed by atoms with Crippen molar-refractivity contribution in [1.29, 1.82) is 0 Å². The van der Waals surface area contributed by atoms with Gasteiger partial charge in [-0.2, -0.15) is 35.1 Å². The summed E-state index contributed by atoms with van der Waals surface area (Å²) in [5, 5.41) is 0. The summed E-state index contributed by atoms with van der Waals surface area (Å²) in [6.45, 7) is 3.03. The largest absolute Gasteiger partial charge is 0.456 e. The van der Waals surface area contributed by atoms with Crippen LogP contribution in [0.5, 0.6) is 0 Å². The number of alkyl halides is 8. The molecule has 0 unspecified atom stereocenters. The molecule has 3 nitrogen and oxygen atoms in total. The predicted octanol–water partition coefficient (Wildman–Crippen LogP) is 3.79. The maximum Gasteiger partial charge on any atom is 0.381 e. The first-order chi connectivity index (χ1) is 10.7. The molecule has 24 heavy (non-hydrogen) atoms. The lowest BCUT2D eigenvalue weighted by Crippen LogP contribution is -2.63. The van der Waals surface area contributed by atoms with E-state index in [0.717, 1.165) is 0 Å². The molecule has 0 aliphatic heterocycles. The summed E-state index contributed by atoms with van der Waals surface area (Å²) in [5.74, 6) is -27.3. The van der Waals surface area contributed by atoms with Gasteiger partial charge >= 0.3 is 29.7 Å². The standard InChI is InChI=1S/C13H12F8O3/c1-3-8(22)5-6-10(14,15)12(18,19)13(20,21)11(16,17)7-24-9(23)4-2/h3-4H,1-2,5-7H2. The number of halogens is 8. The maximum absolute atomic E-state index is 13.4. The monoisotopic (exact) mass is 368 g/mol. The van der Waals surface area contributed by atoms with Crippen molar-refractivity contribution in [3.05, 3.63) is 25.3 Å². The minimum atomic E-state index is -6.57. The molecule has 11 heteroatoms. The van der Waals surface area contributed by atoms with Crippen molar-refractivity contribution in [1.82, 2.24) is 0 Å². The molecule has 138 valence electrons. The fraction of sp³-hybridized carbons (Fsp3) is 0.538. The molecular weight excluding hydrogens is 356 g/mol. The van der Waals surface area contributed by atoms with Gasteiger partial charge in [0.15, 0.2) is 12.4 Å². The number of carbonyl (C=O) groups excluding carboxylic acids is 2. The van der Waals surface area contributed by atoms with Crippen LogP contribution in [0.3, 0.4) is 0 Å². The van der Waals surface area contributed by atoms with E-state index < -0.39 is 54.9 Å². The van der Waals surface area contributed by atoms with E-state index in [4.69, 9.17) is 0 Å². The topological polar surface area (TPSA) is 43.4 Å². The highest BCUT2D eigenvalue weighted by Crippen LogP contribution is 2.53. The Bertz CT molecular complexity index is 467. The van der Waals surface area contributed by atoms with Gasteiger partial charge in [-0.25, -0.2) is 4.79 Å². The fourth-order valence-electron chi connectivity index (χ4n) is 1.31. The normalized spacial score (nSPS) is 13.3. The highest BCUT2D eigenvalue weighted by molar-refractivity contribution is 5.89. The molecule has 0 aliphatic rings. The van der Waals surface area contributed by atoms with Crippen molar-refractivity contribution in [3.63, 3.8) is 0 Å². The highest BCUT2D eigenvalue weighted by atomic mass is 19.4. The van der Waals surface area contributed by atoms with Crippen molar-refractivity contribution in [2.75, 3.05) is 6.61 Å². The minimum Gasteiger partial charge on any atom is -0.456 e. The van der Waals surface area contributed by atoms with Crippen LogP contribution in [0.4, 0.5) is 35.1 Å². The second-order valence-corrected chi connectivity index (χ2v) is 4.54. The number of allylic oxidation sites excluding steroid dienone is 1. The van der Waals surface area contributed by atoms with E-state index in [9.17, 15) is 44.7 Å². The van der Waals surface area contributed by atoms with Crippen molar-refractivity contribution in [3.8, 4) is 0 Å². The third-order valence-electron chi connectivity index (χ3n) is 2.79. The molecule has 0 saturated heterocycles. The van der Waals surface area contributed by atoms with E-state index in [-0.39, 0.29) is 6.08 Å². The summed E-state index contributed by atoms with van der Waals surface area (Å²) in [6, 6.07) is 0. The van der Waals surface area contributed by atoms with Gasteiger partial charge in [-0.05, 0) is 6.08 Å². The molecule has 0 aromatic rings. The van der Waals surface area contributed by atoms with E-state index in [1.54, 1.807) is 0 Å². The number of ether oxygens (including phenoxy) is 1. The van der Waals surface area contributed by atoms with E-state index in [0.29, 0.717) is 6.08 Å². The SMILES string of the molecule is C=CC(=O)CCC(F)(F)C(F)(F)C(F)(F)C(F)(F)COC(=O)C=C. The molecule has 0 saturated carbocycles. The molecule has 0 radical (unpaired) electrons. The summed E-state index contributed by atoms with van der Waals surface area (Å²) in [5.41, 5.74) is 0. The Morgan fingerprint density at radius 3 is 1.71 bits per heavy atom. The Labute approximate surface area is 131 Å². The van der Waals surface area contributed by atoms with Crippen LogP contribution < -0.4 is 0 Å². The Balaban J connectivity index is 5.45. The first-order valence-electron chi connectivity index (χ1n) is 6.12. The molecular formula is C13H12F8O3. The number of hydrogen-bond donors (Lipinski definition) is 0. The minimum absolute atomic E-state index is 0.280. The van der Waals surface area contributed by atoms with Gasteiger partial charge in [0.2, 0.25) is 0 Å². The van der Waals surface area contributed by atoms with E-state index in [1.807, 2.05) is 0 Å². The molecule has 0 rings (SSSR count). The van der Waals surface area contributed by atoms with Crippen LogP contribution >= 0.6 is 0 Å². The molecule has 0 atom stereocenters. The van der Waals surface area contributed by atoms with E-state index >= 15 is 0 Å². The van der Waals surface area contributed by atoms with Crippen LogP contribution in [0, 0.1) is 0 Å². The third-order valence-corrected chi connectivity index (χ3v) is 2.79. The van der Waals surface area contributed by atoms with Gasteiger partial charge in [-0.15, -0.1) is 0 Å². The second kappa shape index (κ2) is 7.31. The average Bonchev–Trinajstić information content (AvgIpc) is 2.49. The Morgan fingerprint density at radius 2 is 1.29 bits per heavy atom. The number of ketones is 1. The quantitative estimate of drug-likeness (QED) is 0.335. The smallest absolute Gasteiger partial charge is 0.381 e. The number of hydrogen-bond acceptors (Lipinski definition) is 3. The van der Waals surface area contributed by atoms with Crippen LogP contribution in [0.1, 0.15) is 12.8 Å². The van der Waals surface area contributed by atoms with Crippen LogP contribution in [0.15, 0.2) is 25.3 Å². The van der Waals surface area contributed by atoms with Crippen molar-refractivity contribution >= 4 is 11.8 Å².